The van der Waals surface area contributed by atoms with E-state index in [1.165, 1.54) is 0 Å². The lowest BCUT2D eigenvalue weighted by Gasteiger charge is -2.14. The van der Waals surface area contributed by atoms with Crippen LogP contribution in [0.5, 0.6) is 0 Å². The Bertz CT molecular complexity index is 526. The highest BCUT2D eigenvalue weighted by Crippen LogP contribution is 2.21. The summed E-state index contributed by atoms with van der Waals surface area (Å²) in [5.74, 6) is 0.448. The molecular weight excluding hydrogens is 296 g/mol. The fourth-order valence-electron chi connectivity index (χ4n) is 1.51. The van der Waals surface area contributed by atoms with E-state index in [0.717, 1.165) is 10.0 Å². The number of nitrogens with two attached hydrogens (primary N) is 1. The van der Waals surface area contributed by atoms with E-state index in [2.05, 4.69) is 26.1 Å². The van der Waals surface area contributed by atoms with Gasteiger partial charge in [0.2, 0.25) is 5.89 Å². The van der Waals surface area contributed by atoms with Crippen molar-refractivity contribution in [3.63, 3.8) is 0 Å². The lowest BCUT2D eigenvalue weighted by molar-refractivity contribution is 0.460. The van der Waals surface area contributed by atoms with E-state index in [9.17, 15) is 0 Å². The second-order valence-electron chi connectivity index (χ2n) is 4.16. The highest BCUT2D eigenvalue weighted by Gasteiger charge is 2.14. The number of rotatable bonds is 4. The first kappa shape index (κ1) is 13.0. The van der Waals surface area contributed by atoms with Gasteiger partial charge in [-0.1, -0.05) is 39.2 Å². The minimum absolute atomic E-state index is 0.247. The number of nitrogens with zero attached hydrogens (tertiary/aromatic N) is 3. The third-order valence-corrected chi connectivity index (χ3v) is 3.29. The lowest BCUT2D eigenvalue weighted by Crippen LogP contribution is -2.17. The lowest BCUT2D eigenvalue weighted by atomic mass is 10.2. The van der Waals surface area contributed by atoms with Crippen LogP contribution in [0, 0.1) is 0 Å². The van der Waals surface area contributed by atoms with E-state index in [-0.39, 0.29) is 6.04 Å². The average Bonchev–Trinajstić information content (AvgIpc) is 2.81. The van der Waals surface area contributed by atoms with Crippen LogP contribution in [-0.4, -0.2) is 17.2 Å². The van der Waals surface area contributed by atoms with Crippen molar-refractivity contribution in [2.24, 2.45) is 5.73 Å². The van der Waals surface area contributed by atoms with Crippen LogP contribution in [0.3, 0.4) is 0 Å². The molecule has 2 aromatic rings. The number of anilines is 1. The summed E-state index contributed by atoms with van der Waals surface area (Å²) in [6.45, 7) is 2.49. The van der Waals surface area contributed by atoms with Gasteiger partial charge in [-0.25, -0.2) is 0 Å². The summed E-state index contributed by atoms with van der Waals surface area (Å²) < 4.78 is 6.54. The van der Waals surface area contributed by atoms with Crippen LogP contribution in [0.4, 0.5) is 6.01 Å². The van der Waals surface area contributed by atoms with E-state index < -0.39 is 0 Å². The van der Waals surface area contributed by atoms with Crippen molar-refractivity contribution in [3.05, 3.63) is 40.2 Å². The van der Waals surface area contributed by atoms with E-state index >= 15 is 0 Å². The van der Waals surface area contributed by atoms with Gasteiger partial charge < -0.3 is 15.1 Å². The van der Waals surface area contributed by atoms with Gasteiger partial charge in [0, 0.05) is 18.1 Å². The highest BCUT2D eigenvalue weighted by atomic mass is 79.9. The Balaban J connectivity index is 2.12. The molecule has 0 bridgehead atoms. The number of hydrogen-bond acceptors (Lipinski definition) is 5. The molecule has 18 heavy (non-hydrogen) atoms. The Kier molecular flexibility index (Phi) is 3.98. The Morgan fingerprint density at radius 3 is 2.72 bits per heavy atom. The molecule has 1 heterocycles. The number of hydrogen-bond donors (Lipinski definition) is 1. The molecule has 1 atom stereocenters. The molecule has 0 spiro atoms. The fourth-order valence-corrected chi connectivity index (χ4v) is 1.92. The van der Waals surface area contributed by atoms with Crippen molar-refractivity contribution in [1.29, 1.82) is 0 Å². The highest BCUT2D eigenvalue weighted by molar-refractivity contribution is 9.10. The molecule has 2 rings (SSSR count). The van der Waals surface area contributed by atoms with Crippen molar-refractivity contribution < 1.29 is 4.42 Å². The smallest absolute Gasteiger partial charge is 0.318 e. The Hall–Kier alpha value is -1.40. The summed E-state index contributed by atoms with van der Waals surface area (Å²) in [4.78, 5) is 1.89. The molecule has 1 unspecified atom stereocenters. The summed E-state index contributed by atoms with van der Waals surface area (Å²) in [6, 6.07) is 8.25. The maximum atomic E-state index is 5.68. The van der Waals surface area contributed by atoms with Crippen molar-refractivity contribution in [1.82, 2.24) is 10.2 Å². The zero-order valence-electron chi connectivity index (χ0n) is 10.3. The van der Waals surface area contributed by atoms with Crippen LogP contribution >= 0.6 is 15.9 Å². The number of aromatic nitrogens is 2. The minimum atomic E-state index is -0.247. The number of halogens is 1. The summed E-state index contributed by atoms with van der Waals surface area (Å²) in [6.07, 6.45) is 0. The second-order valence-corrected chi connectivity index (χ2v) is 5.01. The van der Waals surface area contributed by atoms with Crippen molar-refractivity contribution in [2.45, 2.75) is 19.5 Å². The van der Waals surface area contributed by atoms with Gasteiger partial charge in [-0.2, -0.15) is 0 Å². The van der Waals surface area contributed by atoms with E-state index in [4.69, 9.17) is 10.2 Å². The summed E-state index contributed by atoms with van der Waals surface area (Å²) in [5.41, 5.74) is 6.83. The SMILES string of the molecule is CC(N)c1nnc(N(C)Cc2ccccc2Br)o1. The molecule has 5 nitrogen and oxygen atoms in total. The quantitative estimate of drug-likeness (QED) is 0.939. The maximum absolute atomic E-state index is 5.68. The maximum Gasteiger partial charge on any atom is 0.318 e. The molecule has 0 aliphatic carbocycles. The van der Waals surface area contributed by atoms with Crippen LogP contribution < -0.4 is 10.6 Å². The number of benzene rings is 1. The molecular formula is C12H15BrN4O. The predicted octanol–water partition coefficient (Wildman–Crippen LogP) is 2.49. The molecule has 6 heteroatoms. The van der Waals surface area contributed by atoms with Gasteiger partial charge in [-0.05, 0) is 18.6 Å². The monoisotopic (exact) mass is 310 g/mol. The fraction of sp³-hybridized carbons (Fsp3) is 0.333. The van der Waals surface area contributed by atoms with Crippen LogP contribution in [0.1, 0.15) is 24.4 Å². The first-order valence-electron chi connectivity index (χ1n) is 5.61. The molecule has 0 saturated carbocycles. The zero-order chi connectivity index (χ0) is 13.1. The molecule has 0 radical (unpaired) electrons. The van der Waals surface area contributed by atoms with Gasteiger partial charge >= 0.3 is 6.01 Å². The molecule has 1 aromatic carbocycles. The molecule has 96 valence electrons. The van der Waals surface area contributed by atoms with Gasteiger partial charge in [-0.3, -0.25) is 0 Å². The largest absolute Gasteiger partial charge is 0.406 e. The molecule has 0 aliphatic heterocycles. The van der Waals surface area contributed by atoms with Gasteiger partial charge in [-0.15, -0.1) is 5.10 Å². The molecule has 2 N–H and O–H groups in total. The van der Waals surface area contributed by atoms with Gasteiger partial charge in [0.25, 0.3) is 0 Å². The Morgan fingerprint density at radius 2 is 2.11 bits per heavy atom. The topological polar surface area (TPSA) is 68.2 Å². The third-order valence-electron chi connectivity index (χ3n) is 2.51. The predicted molar refractivity (Wildman–Crippen MR) is 73.1 cm³/mol. The molecule has 0 saturated heterocycles. The van der Waals surface area contributed by atoms with Gasteiger partial charge in [0.15, 0.2) is 0 Å². The van der Waals surface area contributed by atoms with Crippen molar-refractivity contribution >= 4 is 21.9 Å². The van der Waals surface area contributed by atoms with Crippen molar-refractivity contribution in [2.75, 3.05) is 11.9 Å². The van der Waals surface area contributed by atoms with Crippen molar-refractivity contribution in [3.8, 4) is 0 Å². The van der Waals surface area contributed by atoms with Crippen LogP contribution in [0.15, 0.2) is 33.2 Å². The summed E-state index contributed by atoms with van der Waals surface area (Å²) in [5, 5.41) is 7.88. The van der Waals surface area contributed by atoms with E-state index in [1.807, 2.05) is 43.1 Å². The third kappa shape index (κ3) is 2.88. The average molecular weight is 311 g/mol. The van der Waals surface area contributed by atoms with E-state index in [1.54, 1.807) is 0 Å². The Morgan fingerprint density at radius 1 is 1.39 bits per heavy atom. The summed E-state index contributed by atoms with van der Waals surface area (Å²) >= 11 is 3.51. The molecule has 0 amide bonds. The molecule has 0 aliphatic rings. The zero-order valence-corrected chi connectivity index (χ0v) is 11.9. The standard InChI is InChI=1S/C12H15BrN4O/c1-8(14)11-15-16-12(18-11)17(2)7-9-5-3-4-6-10(9)13/h3-6,8H,7,14H2,1-2H3. The Labute approximate surface area is 114 Å². The first-order valence-corrected chi connectivity index (χ1v) is 6.40. The van der Waals surface area contributed by atoms with E-state index in [0.29, 0.717) is 18.5 Å². The van der Waals surface area contributed by atoms with Gasteiger partial charge in [0.05, 0.1) is 6.04 Å². The van der Waals surface area contributed by atoms with Gasteiger partial charge in [0.1, 0.15) is 0 Å². The molecule has 0 fully saturated rings. The van der Waals surface area contributed by atoms with Crippen LogP contribution in [0.2, 0.25) is 0 Å². The normalized spacial score (nSPS) is 12.4. The second kappa shape index (κ2) is 5.49. The summed E-state index contributed by atoms with van der Waals surface area (Å²) in [7, 11) is 1.90. The van der Waals surface area contributed by atoms with Crippen LogP contribution in [-0.2, 0) is 6.54 Å². The molecule has 1 aromatic heterocycles. The first-order chi connectivity index (χ1) is 8.58. The van der Waals surface area contributed by atoms with Crippen LogP contribution in [0.25, 0.3) is 0 Å². The minimum Gasteiger partial charge on any atom is -0.406 e.